The van der Waals surface area contributed by atoms with Crippen LogP contribution in [0.5, 0.6) is 0 Å². The molecule has 2 aromatic carbocycles. The van der Waals surface area contributed by atoms with E-state index in [9.17, 15) is 18.4 Å². The molecule has 0 fully saturated rings. The van der Waals surface area contributed by atoms with Crippen LogP contribution in [0.3, 0.4) is 0 Å². The smallest absolute Gasteiger partial charge is 0.338 e. The molecule has 0 bridgehead atoms. The van der Waals surface area contributed by atoms with E-state index in [1.807, 2.05) is 30.3 Å². The molecule has 0 aromatic heterocycles. The molecule has 1 N–H and O–H groups in total. The molecule has 1 aliphatic heterocycles. The molecule has 1 unspecified atom stereocenters. The molecule has 30 heavy (non-hydrogen) atoms. The molecular weight excluding hydrogens is 394 g/mol. The SMILES string of the molecule is COCCOC(=O)C1=C(C)N(Cc2ccccc2)C(=O)NC1c1c(F)cccc1F. The molecule has 0 saturated heterocycles. The van der Waals surface area contributed by atoms with Gasteiger partial charge in [0.15, 0.2) is 0 Å². The minimum Gasteiger partial charge on any atom is -0.460 e. The second-order valence-electron chi connectivity index (χ2n) is 6.72. The number of ether oxygens (including phenoxy) is 2. The molecule has 0 saturated carbocycles. The highest BCUT2D eigenvalue weighted by Crippen LogP contribution is 2.34. The number of hydrogen-bond donors (Lipinski definition) is 1. The van der Waals surface area contributed by atoms with E-state index in [4.69, 9.17) is 9.47 Å². The van der Waals surface area contributed by atoms with Gasteiger partial charge >= 0.3 is 12.0 Å². The summed E-state index contributed by atoms with van der Waals surface area (Å²) in [5.74, 6) is -2.52. The van der Waals surface area contributed by atoms with E-state index in [0.29, 0.717) is 0 Å². The highest BCUT2D eigenvalue weighted by atomic mass is 19.1. The second kappa shape index (κ2) is 9.49. The Morgan fingerprint density at radius 1 is 1.07 bits per heavy atom. The fourth-order valence-electron chi connectivity index (χ4n) is 3.30. The van der Waals surface area contributed by atoms with Crippen LogP contribution in [-0.2, 0) is 20.8 Å². The Hall–Kier alpha value is -3.26. The van der Waals surface area contributed by atoms with Crippen molar-refractivity contribution in [1.29, 1.82) is 0 Å². The summed E-state index contributed by atoms with van der Waals surface area (Å²) < 4.78 is 39.0. The Labute approximate surface area is 173 Å². The third-order valence-corrected chi connectivity index (χ3v) is 4.81. The zero-order valence-electron chi connectivity index (χ0n) is 16.7. The van der Waals surface area contributed by atoms with Gasteiger partial charge in [0, 0.05) is 12.8 Å². The number of urea groups is 1. The molecule has 0 spiro atoms. The number of rotatable bonds is 7. The van der Waals surface area contributed by atoms with Crippen LogP contribution < -0.4 is 5.32 Å². The maximum atomic E-state index is 14.5. The van der Waals surface area contributed by atoms with E-state index in [1.165, 1.54) is 18.1 Å². The van der Waals surface area contributed by atoms with Gasteiger partial charge < -0.3 is 14.8 Å². The largest absolute Gasteiger partial charge is 0.460 e. The average Bonchev–Trinajstić information content (AvgIpc) is 2.72. The van der Waals surface area contributed by atoms with Gasteiger partial charge in [0.1, 0.15) is 18.2 Å². The third-order valence-electron chi connectivity index (χ3n) is 4.81. The summed E-state index contributed by atoms with van der Waals surface area (Å²) in [6.07, 6.45) is 0. The van der Waals surface area contributed by atoms with E-state index in [1.54, 1.807) is 6.92 Å². The third kappa shape index (κ3) is 4.49. The maximum Gasteiger partial charge on any atom is 0.338 e. The Kier molecular flexibility index (Phi) is 6.79. The fraction of sp³-hybridized carbons (Fsp3) is 0.273. The van der Waals surface area contributed by atoms with Crippen molar-refractivity contribution in [2.45, 2.75) is 19.5 Å². The van der Waals surface area contributed by atoms with Crippen molar-refractivity contribution in [2.24, 2.45) is 0 Å². The Balaban J connectivity index is 2.04. The van der Waals surface area contributed by atoms with Gasteiger partial charge in [-0.05, 0) is 24.6 Å². The summed E-state index contributed by atoms with van der Waals surface area (Å²) in [5, 5.41) is 2.55. The second-order valence-corrected chi connectivity index (χ2v) is 6.72. The Morgan fingerprint density at radius 3 is 2.37 bits per heavy atom. The van der Waals surface area contributed by atoms with Crippen molar-refractivity contribution in [2.75, 3.05) is 20.3 Å². The van der Waals surface area contributed by atoms with Gasteiger partial charge in [-0.15, -0.1) is 0 Å². The summed E-state index contributed by atoms with van der Waals surface area (Å²) in [6.45, 7) is 1.86. The van der Waals surface area contributed by atoms with Gasteiger partial charge in [0.2, 0.25) is 0 Å². The van der Waals surface area contributed by atoms with Gasteiger partial charge in [-0.3, -0.25) is 4.90 Å². The number of esters is 1. The van der Waals surface area contributed by atoms with E-state index >= 15 is 0 Å². The van der Waals surface area contributed by atoms with E-state index in [0.717, 1.165) is 17.7 Å². The Bertz CT molecular complexity index is 943. The lowest BCUT2D eigenvalue weighted by atomic mass is 9.93. The number of carbonyl (C=O) groups is 2. The van der Waals surface area contributed by atoms with E-state index < -0.39 is 35.2 Å². The summed E-state index contributed by atoms with van der Waals surface area (Å²) in [6, 6.07) is 10.6. The lowest BCUT2D eigenvalue weighted by Gasteiger charge is -2.35. The van der Waals surface area contributed by atoms with Gasteiger partial charge in [0.25, 0.3) is 0 Å². The lowest BCUT2D eigenvalue weighted by molar-refractivity contribution is -0.141. The quantitative estimate of drug-likeness (QED) is 0.552. The van der Waals surface area contributed by atoms with E-state index in [2.05, 4.69) is 5.32 Å². The molecule has 3 rings (SSSR count). The first kappa shape index (κ1) is 21.4. The first-order chi connectivity index (χ1) is 14.4. The number of hydrogen-bond acceptors (Lipinski definition) is 4. The van der Waals surface area contributed by atoms with Crippen molar-refractivity contribution >= 4 is 12.0 Å². The summed E-state index contributed by atoms with van der Waals surface area (Å²) in [4.78, 5) is 27.0. The molecule has 2 aromatic rings. The molecule has 2 amide bonds. The fourth-order valence-corrected chi connectivity index (χ4v) is 3.30. The van der Waals surface area contributed by atoms with Crippen LogP contribution in [0.25, 0.3) is 0 Å². The summed E-state index contributed by atoms with van der Waals surface area (Å²) >= 11 is 0. The number of nitrogens with one attached hydrogen (secondary N) is 1. The first-order valence-corrected chi connectivity index (χ1v) is 9.36. The first-order valence-electron chi connectivity index (χ1n) is 9.36. The summed E-state index contributed by atoms with van der Waals surface area (Å²) in [7, 11) is 1.46. The monoisotopic (exact) mass is 416 g/mol. The van der Waals surface area contributed by atoms with Gasteiger partial charge in [-0.25, -0.2) is 18.4 Å². The maximum absolute atomic E-state index is 14.5. The number of halogens is 2. The minimum atomic E-state index is -1.32. The number of methoxy groups -OCH3 is 1. The highest BCUT2D eigenvalue weighted by molar-refractivity contribution is 5.95. The van der Waals surface area contributed by atoms with Crippen molar-refractivity contribution in [3.8, 4) is 0 Å². The van der Waals surface area contributed by atoms with Crippen LogP contribution in [0.15, 0.2) is 59.8 Å². The normalized spacial score (nSPS) is 16.5. The molecule has 1 heterocycles. The minimum absolute atomic E-state index is 0.0364. The predicted molar refractivity (Wildman–Crippen MR) is 105 cm³/mol. The topological polar surface area (TPSA) is 67.9 Å². The number of carbonyl (C=O) groups excluding carboxylic acids is 2. The number of allylic oxidation sites excluding steroid dienone is 1. The van der Waals surface area contributed by atoms with Gasteiger partial charge in [-0.1, -0.05) is 36.4 Å². The van der Waals surface area contributed by atoms with Crippen LogP contribution in [0, 0.1) is 11.6 Å². The molecule has 1 aliphatic rings. The zero-order valence-corrected chi connectivity index (χ0v) is 16.7. The average molecular weight is 416 g/mol. The van der Waals surface area contributed by atoms with Crippen molar-refractivity contribution in [3.05, 3.63) is 82.6 Å². The molecule has 0 radical (unpaired) electrons. The molecule has 0 aliphatic carbocycles. The molecule has 1 atom stereocenters. The van der Waals surface area contributed by atoms with E-state index in [-0.39, 0.29) is 31.0 Å². The lowest BCUT2D eigenvalue weighted by Crippen LogP contribution is -2.48. The summed E-state index contributed by atoms with van der Waals surface area (Å²) in [5.41, 5.74) is 0.640. The van der Waals surface area contributed by atoms with Crippen molar-refractivity contribution < 1.29 is 27.8 Å². The molecule has 8 heteroatoms. The molecular formula is C22H22F2N2O4. The number of amides is 2. The van der Waals surface area contributed by atoms with Crippen LogP contribution in [0.1, 0.15) is 24.1 Å². The zero-order chi connectivity index (χ0) is 21.7. The Morgan fingerprint density at radius 2 is 1.73 bits per heavy atom. The predicted octanol–water partition coefficient (Wildman–Crippen LogP) is 3.69. The van der Waals surface area contributed by atoms with Gasteiger partial charge in [-0.2, -0.15) is 0 Å². The van der Waals surface area contributed by atoms with Crippen molar-refractivity contribution in [3.63, 3.8) is 0 Å². The highest BCUT2D eigenvalue weighted by Gasteiger charge is 2.39. The molecule has 158 valence electrons. The van der Waals surface area contributed by atoms with Crippen molar-refractivity contribution in [1.82, 2.24) is 10.2 Å². The number of nitrogens with zero attached hydrogens (tertiary/aromatic N) is 1. The standard InChI is InChI=1S/C22H22F2N2O4/c1-14-18(21(27)30-12-11-29-2)20(19-16(23)9-6-10-17(19)24)25-22(28)26(14)13-15-7-4-3-5-8-15/h3-10,20H,11-13H2,1-2H3,(H,25,28). The van der Waals surface area contributed by atoms with Crippen LogP contribution in [-0.4, -0.2) is 37.2 Å². The van der Waals surface area contributed by atoms with Crippen LogP contribution >= 0.6 is 0 Å². The van der Waals surface area contributed by atoms with Gasteiger partial charge in [0.05, 0.1) is 30.3 Å². The van der Waals surface area contributed by atoms with Crippen LogP contribution in [0.2, 0.25) is 0 Å². The molecule has 6 nitrogen and oxygen atoms in total. The number of benzene rings is 2. The van der Waals surface area contributed by atoms with Crippen LogP contribution in [0.4, 0.5) is 13.6 Å².